The number of benzene rings is 2. The third-order valence-electron chi connectivity index (χ3n) is 3.43. The first-order chi connectivity index (χ1) is 11.4. The van der Waals surface area contributed by atoms with Gasteiger partial charge in [-0.15, -0.1) is 0 Å². The summed E-state index contributed by atoms with van der Waals surface area (Å²) in [5, 5.41) is 9.43. The quantitative estimate of drug-likeness (QED) is 0.767. The highest BCUT2D eigenvalue weighted by molar-refractivity contribution is 7.89. The van der Waals surface area contributed by atoms with Gasteiger partial charge in [-0.1, -0.05) is 53.7 Å². The Bertz CT molecular complexity index is 1010. The molecule has 1 heterocycles. The molecule has 3 aromatic rings. The van der Waals surface area contributed by atoms with E-state index in [1.807, 2.05) is 30.3 Å². The molecule has 1 aromatic heterocycles. The lowest BCUT2D eigenvalue weighted by Gasteiger charge is -2.08. The number of primary sulfonamides is 1. The van der Waals surface area contributed by atoms with Gasteiger partial charge in [0.15, 0.2) is 0 Å². The normalized spacial score (nSPS) is 12.9. The van der Waals surface area contributed by atoms with E-state index in [1.54, 1.807) is 18.2 Å². The molecule has 6 nitrogen and oxygen atoms in total. The molecule has 2 aromatic carbocycles. The molecule has 1 unspecified atom stereocenters. The number of aromatic nitrogens is 1. The Morgan fingerprint density at radius 1 is 1.04 bits per heavy atom. The fourth-order valence-electron chi connectivity index (χ4n) is 2.42. The summed E-state index contributed by atoms with van der Waals surface area (Å²) in [4.78, 5) is -0.0721. The maximum Gasteiger partial charge on any atom is 0.238 e. The lowest BCUT2D eigenvalue weighted by molar-refractivity contribution is 0.348. The van der Waals surface area contributed by atoms with Crippen molar-refractivity contribution >= 4 is 20.8 Å². The molecule has 0 amide bonds. The molecule has 8 heteroatoms. The maximum absolute atomic E-state index is 12.0. The van der Waals surface area contributed by atoms with Gasteiger partial charge in [-0.25, -0.2) is 13.6 Å². The van der Waals surface area contributed by atoms with Gasteiger partial charge in [0.25, 0.3) is 0 Å². The van der Waals surface area contributed by atoms with Crippen LogP contribution < -0.4 is 5.14 Å². The summed E-state index contributed by atoms with van der Waals surface area (Å²) in [7, 11) is -5.46. The zero-order chi connectivity index (χ0) is 17.3. The van der Waals surface area contributed by atoms with Crippen LogP contribution in [-0.4, -0.2) is 24.0 Å². The molecular formula is C16H14N2O4S2. The molecule has 0 fully saturated rings. The predicted octanol–water partition coefficient (Wildman–Crippen LogP) is 2.39. The molecule has 0 spiro atoms. The van der Waals surface area contributed by atoms with Crippen molar-refractivity contribution < 1.29 is 17.1 Å². The fraction of sp³-hybridized carbons (Fsp3) is 0.0625. The van der Waals surface area contributed by atoms with Gasteiger partial charge in [0.1, 0.15) is 5.69 Å². The minimum absolute atomic E-state index is 0.0721. The van der Waals surface area contributed by atoms with Crippen LogP contribution in [0.4, 0.5) is 0 Å². The number of hydrogen-bond donors (Lipinski definition) is 1. The fourth-order valence-corrected chi connectivity index (χ4v) is 3.80. The van der Waals surface area contributed by atoms with Gasteiger partial charge in [0.05, 0.1) is 21.3 Å². The van der Waals surface area contributed by atoms with Crippen LogP contribution in [0.5, 0.6) is 0 Å². The Hall–Kier alpha value is -2.29. The molecule has 0 saturated heterocycles. The average Bonchev–Trinajstić information content (AvgIpc) is 3.00. The van der Waals surface area contributed by atoms with Gasteiger partial charge >= 0.3 is 0 Å². The molecule has 0 bridgehead atoms. The number of nitrogens with two attached hydrogens (primary N) is 1. The molecule has 1 atom stereocenters. The second-order valence-electron chi connectivity index (χ2n) is 5.05. The Balaban J connectivity index is 2.37. The van der Waals surface area contributed by atoms with E-state index in [9.17, 15) is 12.6 Å². The van der Waals surface area contributed by atoms with Crippen LogP contribution in [-0.2, 0) is 20.8 Å². The summed E-state index contributed by atoms with van der Waals surface area (Å²) >= 11 is 0. The van der Waals surface area contributed by atoms with E-state index in [-0.39, 0.29) is 9.99 Å². The van der Waals surface area contributed by atoms with Crippen molar-refractivity contribution in [3.8, 4) is 22.4 Å². The van der Waals surface area contributed by atoms with Gasteiger partial charge in [-0.2, -0.15) is 0 Å². The van der Waals surface area contributed by atoms with Crippen LogP contribution in [0.2, 0.25) is 0 Å². The van der Waals surface area contributed by atoms with Gasteiger partial charge in [-0.3, -0.25) is 4.21 Å². The van der Waals surface area contributed by atoms with Crippen LogP contribution in [0, 0.1) is 0 Å². The van der Waals surface area contributed by atoms with E-state index in [1.165, 1.54) is 12.3 Å². The summed E-state index contributed by atoms with van der Waals surface area (Å²) in [5.41, 5.74) is 1.81. The van der Waals surface area contributed by atoms with E-state index in [4.69, 9.17) is 9.66 Å². The topological polar surface area (TPSA) is 103 Å². The molecule has 2 N–H and O–H groups in total. The first-order valence-corrected chi connectivity index (χ1v) is 10.0. The van der Waals surface area contributed by atoms with E-state index in [2.05, 4.69) is 5.16 Å². The number of nitrogens with zero attached hydrogens (tertiary/aromatic N) is 1. The number of sulfonamides is 1. The van der Waals surface area contributed by atoms with Crippen molar-refractivity contribution in [1.29, 1.82) is 0 Å². The van der Waals surface area contributed by atoms with Gasteiger partial charge < -0.3 is 4.52 Å². The molecule has 24 heavy (non-hydrogen) atoms. The molecule has 0 aliphatic heterocycles. The first-order valence-electron chi connectivity index (χ1n) is 6.90. The first kappa shape index (κ1) is 16.6. The van der Waals surface area contributed by atoms with Crippen molar-refractivity contribution in [2.75, 3.05) is 6.26 Å². The molecule has 0 radical (unpaired) electrons. The van der Waals surface area contributed by atoms with E-state index in [0.29, 0.717) is 16.8 Å². The second kappa shape index (κ2) is 6.31. The van der Waals surface area contributed by atoms with Crippen molar-refractivity contribution in [3.05, 3.63) is 54.6 Å². The molecule has 0 aliphatic rings. The summed E-state index contributed by atoms with van der Waals surface area (Å²) in [6.07, 6.45) is 1.44. The van der Waals surface area contributed by atoms with Gasteiger partial charge in [0, 0.05) is 17.4 Å². The lowest BCUT2D eigenvalue weighted by atomic mass is 10.0. The molecule has 0 aliphatic carbocycles. The highest BCUT2D eigenvalue weighted by Crippen LogP contribution is 2.38. The van der Waals surface area contributed by atoms with Gasteiger partial charge in [0.2, 0.25) is 15.1 Å². The van der Waals surface area contributed by atoms with Crippen LogP contribution in [0.3, 0.4) is 0 Å². The molecule has 3 rings (SSSR count). The van der Waals surface area contributed by atoms with Crippen molar-refractivity contribution in [1.82, 2.24) is 5.16 Å². The number of rotatable bonds is 4. The third kappa shape index (κ3) is 3.03. The molecule has 124 valence electrons. The zero-order valence-electron chi connectivity index (χ0n) is 12.7. The van der Waals surface area contributed by atoms with Crippen molar-refractivity contribution in [2.45, 2.75) is 9.99 Å². The van der Waals surface area contributed by atoms with Crippen LogP contribution >= 0.6 is 0 Å². The highest BCUT2D eigenvalue weighted by Gasteiger charge is 2.26. The van der Waals surface area contributed by atoms with Crippen LogP contribution in [0.25, 0.3) is 22.4 Å². The van der Waals surface area contributed by atoms with Crippen molar-refractivity contribution in [3.63, 3.8) is 0 Å². The monoisotopic (exact) mass is 362 g/mol. The largest absolute Gasteiger partial charge is 0.346 e. The summed E-state index contributed by atoms with van der Waals surface area (Å²) in [6.45, 7) is 0. The summed E-state index contributed by atoms with van der Waals surface area (Å²) < 4.78 is 41.1. The smallest absolute Gasteiger partial charge is 0.238 e. The average molecular weight is 362 g/mol. The Morgan fingerprint density at radius 2 is 1.67 bits per heavy atom. The minimum atomic E-state index is -3.97. The van der Waals surface area contributed by atoms with Gasteiger partial charge in [-0.05, 0) is 6.07 Å². The van der Waals surface area contributed by atoms with Crippen molar-refractivity contribution in [2.24, 2.45) is 5.14 Å². The Kier molecular flexibility index (Phi) is 4.35. The minimum Gasteiger partial charge on any atom is -0.346 e. The maximum atomic E-state index is 12.0. The van der Waals surface area contributed by atoms with Crippen LogP contribution in [0.15, 0.2) is 69.1 Å². The molecular weight excluding hydrogens is 348 g/mol. The molecule has 0 saturated carbocycles. The standard InChI is InChI=1S/C16H14N2O4S2/c1-23(19)16-14(12-9-5-6-10-13(12)24(17,20)21)15(18-22-16)11-7-3-2-4-8-11/h2-10H,1H3,(H2,17,20,21). The second-order valence-corrected chi connectivity index (χ2v) is 7.86. The zero-order valence-corrected chi connectivity index (χ0v) is 14.3. The summed E-state index contributed by atoms with van der Waals surface area (Å²) in [6, 6.07) is 15.3. The van der Waals surface area contributed by atoms with E-state index < -0.39 is 20.8 Å². The Labute approximate surface area is 141 Å². The predicted molar refractivity (Wildman–Crippen MR) is 91.1 cm³/mol. The highest BCUT2D eigenvalue weighted by atomic mass is 32.2. The summed E-state index contributed by atoms with van der Waals surface area (Å²) in [5.74, 6) is 0. The van der Waals surface area contributed by atoms with E-state index >= 15 is 0 Å². The lowest BCUT2D eigenvalue weighted by Crippen LogP contribution is -2.13. The SMILES string of the molecule is CS(=O)c1onc(-c2ccccc2)c1-c1ccccc1S(N)(=O)=O. The number of hydrogen-bond acceptors (Lipinski definition) is 5. The Morgan fingerprint density at radius 3 is 2.29 bits per heavy atom. The van der Waals surface area contributed by atoms with Crippen LogP contribution in [0.1, 0.15) is 0 Å². The van der Waals surface area contributed by atoms with E-state index in [0.717, 1.165) is 5.56 Å². The third-order valence-corrected chi connectivity index (χ3v) is 5.20.